The lowest BCUT2D eigenvalue weighted by atomic mass is 10.0. The molecule has 2 aliphatic heterocycles. The highest BCUT2D eigenvalue weighted by atomic mass is 32.2. The Morgan fingerprint density at radius 2 is 1.79 bits per heavy atom. The zero-order chi connectivity index (χ0) is 20.6. The van der Waals surface area contributed by atoms with E-state index in [0.717, 1.165) is 17.3 Å². The first-order chi connectivity index (χ1) is 13.9. The Hall–Kier alpha value is -2.98. The van der Waals surface area contributed by atoms with Crippen LogP contribution in [0.25, 0.3) is 0 Å². The number of para-hydroxylation sites is 1. The molecule has 0 saturated carbocycles. The van der Waals surface area contributed by atoms with E-state index in [1.807, 2.05) is 24.3 Å². The average Bonchev–Trinajstić information content (AvgIpc) is 2.74. The third-order valence-corrected chi connectivity index (χ3v) is 7.15. The van der Waals surface area contributed by atoms with E-state index in [-0.39, 0.29) is 36.3 Å². The molecule has 9 nitrogen and oxygen atoms in total. The van der Waals surface area contributed by atoms with Crippen molar-refractivity contribution in [1.82, 2.24) is 4.31 Å². The van der Waals surface area contributed by atoms with Crippen LogP contribution in [0.2, 0.25) is 0 Å². The number of fused-ring (bicyclic) bond motifs is 1. The fraction of sp³-hybridized carbons (Fsp3) is 0.316. The van der Waals surface area contributed by atoms with Crippen molar-refractivity contribution in [2.24, 2.45) is 0 Å². The van der Waals surface area contributed by atoms with Crippen molar-refractivity contribution in [3.05, 3.63) is 64.2 Å². The van der Waals surface area contributed by atoms with Gasteiger partial charge in [-0.2, -0.15) is 4.31 Å². The molecule has 0 spiro atoms. The van der Waals surface area contributed by atoms with Gasteiger partial charge in [0.15, 0.2) is 0 Å². The van der Waals surface area contributed by atoms with Crippen LogP contribution in [0.4, 0.5) is 16.2 Å². The van der Waals surface area contributed by atoms with E-state index in [4.69, 9.17) is 4.74 Å². The molecule has 0 unspecified atom stereocenters. The van der Waals surface area contributed by atoms with Crippen molar-refractivity contribution in [3.63, 3.8) is 0 Å². The highest BCUT2D eigenvalue weighted by Crippen LogP contribution is 2.33. The van der Waals surface area contributed by atoms with Gasteiger partial charge in [0.25, 0.3) is 5.69 Å². The summed E-state index contributed by atoms with van der Waals surface area (Å²) in [5.74, 6) is 0. The number of rotatable bonds is 4. The molecule has 4 rings (SSSR count). The number of ether oxygens (including phenoxy) is 1. The van der Waals surface area contributed by atoms with Crippen LogP contribution >= 0.6 is 0 Å². The third kappa shape index (κ3) is 3.56. The van der Waals surface area contributed by atoms with Gasteiger partial charge in [-0.3, -0.25) is 15.0 Å². The fourth-order valence-corrected chi connectivity index (χ4v) is 5.28. The molecule has 0 aliphatic carbocycles. The largest absolute Gasteiger partial charge is 0.444 e. The van der Waals surface area contributed by atoms with E-state index < -0.39 is 21.0 Å². The number of nitro benzene ring substituents is 1. The third-order valence-electron chi connectivity index (χ3n) is 5.25. The monoisotopic (exact) mass is 417 g/mol. The van der Waals surface area contributed by atoms with Gasteiger partial charge in [0, 0.05) is 36.8 Å². The molecule has 1 fully saturated rings. The molecule has 152 valence electrons. The van der Waals surface area contributed by atoms with Crippen molar-refractivity contribution in [2.75, 3.05) is 18.0 Å². The SMILES string of the molecule is O=C1OCc2ccccc2N1C1CCN(S(=O)(=O)c2cccc([N+](=O)[O-])c2)CC1. The second-order valence-electron chi connectivity index (χ2n) is 6.94. The molecule has 29 heavy (non-hydrogen) atoms. The van der Waals surface area contributed by atoms with Gasteiger partial charge in [0.1, 0.15) is 6.61 Å². The van der Waals surface area contributed by atoms with Crippen LogP contribution in [0.1, 0.15) is 18.4 Å². The number of amides is 1. The maximum absolute atomic E-state index is 12.9. The summed E-state index contributed by atoms with van der Waals surface area (Å²) >= 11 is 0. The second kappa shape index (κ2) is 7.45. The van der Waals surface area contributed by atoms with Crippen LogP contribution in [0.3, 0.4) is 0 Å². The van der Waals surface area contributed by atoms with Gasteiger partial charge in [-0.25, -0.2) is 13.2 Å². The number of nitrogens with zero attached hydrogens (tertiary/aromatic N) is 3. The van der Waals surface area contributed by atoms with Crippen LogP contribution in [-0.2, 0) is 21.4 Å². The first kappa shape index (κ1) is 19.3. The molecule has 0 N–H and O–H groups in total. The van der Waals surface area contributed by atoms with E-state index in [9.17, 15) is 23.3 Å². The number of sulfonamides is 1. The molecule has 0 bridgehead atoms. The van der Waals surface area contributed by atoms with Crippen molar-refractivity contribution in [3.8, 4) is 0 Å². The fourth-order valence-electron chi connectivity index (χ4n) is 3.77. The first-order valence-corrected chi connectivity index (χ1v) is 10.6. The second-order valence-corrected chi connectivity index (χ2v) is 8.88. The first-order valence-electron chi connectivity index (χ1n) is 9.16. The minimum atomic E-state index is -3.85. The summed E-state index contributed by atoms with van der Waals surface area (Å²) in [7, 11) is -3.85. The summed E-state index contributed by atoms with van der Waals surface area (Å²) < 4.78 is 32.4. The van der Waals surface area contributed by atoms with Gasteiger partial charge in [-0.05, 0) is 25.0 Å². The molecular formula is C19H19N3O6S. The molecular weight excluding hydrogens is 398 g/mol. The highest BCUT2D eigenvalue weighted by Gasteiger charge is 2.37. The number of nitro groups is 1. The van der Waals surface area contributed by atoms with Crippen LogP contribution in [0, 0.1) is 10.1 Å². The van der Waals surface area contributed by atoms with Gasteiger partial charge in [-0.15, -0.1) is 0 Å². The van der Waals surface area contributed by atoms with Gasteiger partial charge >= 0.3 is 6.09 Å². The van der Waals surface area contributed by atoms with E-state index in [2.05, 4.69) is 0 Å². The molecule has 10 heteroatoms. The molecule has 2 heterocycles. The maximum atomic E-state index is 12.9. The van der Waals surface area contributed by atoms with Crippen molar-refractivity contribution in [1.29, 1.82) is 0 Å². The summed E-state index contributed by atoms with van der Waals surface area (Å²) in [4.78, 5) is 24.2. The van der Waals surface area contributed by atoms with Crippen molar-refractivity contribution < 1.29 is 22.9 Å². The van der Waals surface area contributed by atoms with E-state index >= 15 is 0 Å². The molecule has 0 aromatic heterocycles. The number of anilines is 1. The lowest BCUT2D eigenvalue weighted by molar-refractivity contribution is -0.385. The zero-order valence-electron chi connectivity index (χ0n) is 15.4. The van der Waals surface area contributed by atoms with Gasteiger partial charge in [-0.1, -0.05) is 24.3 Å². The Morgan fingerprint density at radius 1 is 1.07 bits per heavy atom. The van der Waals surface area contributed by atoms with Gasteiger partial charge < -0.3 is 4.74 Å². The Balaban J connectivity index is 1.52. The Labute approximate surface area is 167 Å². The number of piperidine rings is 1. The van der Waals surface area contributed by atoms with Crippen molar-refractivity contribution >= 4 is 27.5 Å². The lowest BCUT2D eigenvalue weighted by Gasteiger charge is -2.39. The van der Waals surface area contributed by atoms with Crippen LogP contribution in [0.5, 0.6) is 0 Å². The topological polar surface area (TPSA) is 110 Å². The van der Waals surface area contributed by atoms with E-state index in [1.54, 1.807) is 4.90 Å². The number of non-ortho nitro benzene ring substituents is 1. The molecule has 1 saturated heterocycles. The average molecular weight is 417 g/mol. The Bertz CT molecular complexity index is 1060. The van der Waals surface area contributed by atoms with E-state index in [1.165, 1.54) is 22.5 Å². The summed E-state index contributed by atoms with van der Waals surface area (Å²) in [6, 6.07) is 12.4. The number of carbonyl (C=O) groups excluding carboxylic acids is 1. The van der Waals surface area contributed by atoms with Crippen LogP contribution in [-0.4, -0.2) is 42.9 Å². The predicted molar refractivity (Wildman–Crippen MR) is 104 cm³/mol. The summed E-state index contributed by atoms with van der Waals surface area (Å²) in [6.07, 6.45) is 0.457. The van der Waals surface area contributed by atoms with Crippen LogP contribution < -0.4 is 4.90 Å². The quantitative estimate of drug-likeness (QED) is 0.559. The predicted octanol–water partition coefficient (Wildman–Crippen LogP) is 2.90. The maximum Gasteiger partial charge on any atom is 0.414 e. The minimum absolute atomic E-state index is 0.104. The number of cyclic esters (lactones) is 1. The number of hydrogen-bond donors (Lipinski definition) is 0. The van der Waals surface area contributed by atoms with Gasteiger partial charge in [0.05, 0.1) is 15.5 Å². The Morgan fingerprint density at radius 3 is 2.52 bits per heavy atom. The minimum Gasteiger partial charge on any atom is -0.444 e. The Kier molecular flexibility index (Phi) is 4.97. The molecule has 2 aromatic rings. The van der Waals surface area contributed by atoms with Crippen LogP contribution in [0.15, 0.2) is 53.4 Å². The summed E-state index contributed by atoms with van der Waals surface area (Å²) in [6.45, 7) is 0.648. The van der Waals surface area contributed by atoms with Crippen molar-refractivity contribution in [2.45, 2.75) is 30.4 Å². The zero-order valence-corrected chi connectivity index (χ0v) is 16.2. The smallest absolute Gasteiger partial charge is 0.414 e. The van der Waals surface area contributed by atoms with Gasteiger partial charge in [0.2, 0.25) is 10.0 Å². The summed E-state index contributed by atoms with van der Waals surface area (Å²) in [5.41, 5.74) is 1.44. The number of carbonyl (C=O) groups is 1. The molecule has 0 atom stereocenters. The summed E-state index contributed by atoms with van der Waals surface area (Å²) in [5, 5.41) is 11.0. The normalized spacial score (nSPS) is 18.2. The number of benzene rings is 2. The molecule has 1 amide bonds. The van der Waals surface area contributed by atoms with E-state index in [0.29, 0.717) is 12.8 Å². The highest BCUT2D eigenvalue weighted by molar-refractivity contribution is 7.89. The molecule has 2 aliphatic rings. The molecule has 2 aromatic carbocycles. The molecule has 0 radical (unpaired) electrons. The number of hydrogen-bond acceptors (Lipinski definition) is 6. The lowest BCUT2D eigenvalue weighted by Crippen LogP contribution is -2.50. The standard InChI is InChI=1S/C19H19N3O6S/c23-19-21(18-7-2-1-4-14(18)13-28-19)15-8-10-20(11-9-15)29(26,27)17-6-3-5-16(12-17)22(24)25/h1-7,12,15H,8-11,13H2.